The first-order valence-electron chi connectivity index (χ1n) is 12.5. The van der Waals surface area contributed by atoms with E-state index in [1.807, 2.05) is 36.7 Å². The summed E-state index contributed by atoms with van der Waals surface area (Å²) in [5.74, 6) is 1.47. The summed E-state index contributed by atoms with van der Waals surface area (Å²) in [6.45, 7) is 8.98. The molecule has 1 aromatic carbocycles. The third kappa shape index (κ3) is 7.12. The van der Waals surface area contributed by atoms with Crippen LogP contribution in [0.2, 0.25) is 0 Å². The number of ether oxygens (including phenoxy) is 2. The van der Waals surface area contributed by atoms with Crippen molar-refractivity contribution in [3.8, 4) is 22.8 Å². The van der Waals surface area contributed by atoms with Crippen molar-refractivity contribution in [2.24, 2.45) is 11.8 Å². The average Bonchev–Trinajstić information content (AvgIpc) is 3.56. The van der Waals surface area contributed by atoms with Gasteiger partial charge in [-0.2, -0.15) is 5.10 Å². The SMILES string of the molecule is CCC(C)Cn1nc(C(=O)NC(CC(=O)NCc2ncco2)C(C)C)cc1-c1c(OC)cccc1OC. The summed E-state index contributed by atoms with van der Waals surface area (Å²) in [5, 5.41) is 10.4. The van der Waals surface area contributed by atoms with Crippen molar-refractivity contribution >= 4 is 11.8 Å². The molecule has 10 heteroatoms. The Morgan fingerprint density at radius 3 is 2.41 bits per heavy atom. The number of aromatic nitrogens is 3. The fourth-order valence-corrected chi connectivity index (χ4v) is 3.88. The second-order valence-electron chi connectivity index (χ2n) is 9.38. The molecule has 2 aromatic heterocycles. The quantitative estimate of drug-likeness (QED) is 0.355. The number of carbonyl (C=O) groups excluding carboxylic acids is 2. The van der Waals surface area contributed by atoms with Gasteiger partial charge in [0, 0.05) is 19.0 Å². The number of rotatable bonds is 13. The molecular formula is C27H37N5O5. The van der Waals surface area contributed by atoms with E-state index in [1.165, 1.54) is 12.5 Å². The van der Waals surface area contributed by atoms with Crippen LogP contribution in [0.5, 0.6) is 11.5 Å². The molecule has 0 saturated heterocycles. The lowest BCUT2D eigenvalue weighted by Gasteiger charge is -2.21. The summed E-state index contributed by atoms with van der Waals surface area (Å²) >= 11 is 0. The normalized spacial score (nSPS) is 12.7. The molecule has 0 aliphatic rings. The first-order chi connectivity index (χ1) is 17.8. The maximum Gasteiger partial charge on any atom is 0.272 e. The number of hydrogen-bond donors (Lipinski definition) is 2. The highest BCUT2D eigenvalue weighted by molar-refractivity contribution is 5.94. The Kier molecular flexibility index (Phi) is 9.71. The second kappa shape index (κ2) is 12.9. The summed E-state index contributed by atoms with van der Waals surface area (Å²) in [6.07, 6.45) is 4.05. The van der Waals surface area contributed by atoms with E-state index in [-0.39, 0.29) is 42.4 Å². The smallest absolute Gasteiger partial charge is 0.272 e. The Morgan fingerprint density at radius 1 is 1.14 bits per heavy atom. The number of carbonyl (C=O) groups is 2. The molecule has 3 rings (SSSR count). The molecule has 2 unspecified atom stereocenters. The van der Waals surface area contributed by atoms with Gasteiger partial charge in [-0.05, 0) is 30.0 Å². The lowest BCUT2D eigenvalue weighted by atomic mass is 10.00. The lowest BCUT2D eigenvalue weighted by molar-refractivity contribution is -0.122. The monoisotopic (exact) mass is 511 g/mol. The molecule has 37 heavy (non-hydrogen) atoms. The molecular weight excluding hydrogens is 474 g/mol. The van der Waals surface area contributed by atoms with Crippen LogP contribution in [0.3, 0.4) is 0 Å². The maximum atomic E-state index is 13.3. The Bertz CT molecular complexity index is 1150. The summed E-state index contributed by atoms with van der Waals surface area (Å²) in [4.78, 5) is 29.9. The number of oxazole rings is 1. The Labute approximate surface area is 217 Å². The van der Waals surface area contributed by atoms with E-state index in [9.17, 15) is 9.59 Å². The van der Waals surface area contributed by atoms with Crippen molar-refractivity contribution in [2.75, 3.05) is 14.2 Å². The van der Waals surface area contributed by atoms with Crippen LogP contribution in [0, 0.1) is 11.8 Å². The Balaban J connectivity index is 1.84. The molecule has 3 aromatic rings. The van der Waals surface area contributed by atoms with Crippen LogP contribution in [0.15, 0.2) is 41.1 Å². The molecule has 0 aliphatic heterocycles. The van der Waals surface area contributed by atoms with Crippen molar-refractivity contribution in [3.63, 3.8) is 0 Å². The number of methoxy groups -OCH3 is 2. The number of nitrogens with zero attached hydrogens (tertiary/aromatic N) is 3. The fraction of sp³-hybridized carbons (Fsp3) is 0.481. The maximum absolute atomic E-state index is 13.3. The Hall–Kier alpha value is -3.82. The van der Waals surface area contributed by atoms with Crippen molar-refractivity contribution < 1.29 is 23.5 Å². The molecule has 2 heterocycles. The van der Waals surface area contributed by atoms with Crippen LogP contribution in [0.4, 0.5) is 0 Å². The molecule has 200 valence electrons. The van der Waals surface area contributed by atoms with Crippen LogP contribution in [-0.4, -0.2) is 46.8 Å². The van der Waals surface area contributed by atoms with Gasteiger partial charge in [0.25, 0.3) is 5.91 Å². The minimum Gasteiger partial charge on any atom is -0.496 e. The minimum absolute atomic E-state index is 0.0208. The van der Waals surface area contributed by atoms with Crippen molar-refractivity contribution in [3.05, 3.63) is 48.3 Å². The van der Waals surface area contributed by atoms with E-state index in [2.05, 4.69) is 34.6 Å². The van der Waals surface area contributed by atoms with Gasteiger partial charge in [0.2, 0.25) is 11.8 Å². The number of nitrogens with one attached hydrogen (secondary N) is 2. The lowest BCUT2D eigenvalue weighted by Crippen LogP contribution is -2.42. The molecule has 10 nitrogen and oxygen atoms in total. The second-order valence-corrected chi connectivity index (χ2v) is 9.38. The van der Waals surface area contributed by atoms with Gasteiger partial charge in [-0.1, -0.05) is 40.2 Å². The van der Waals surface area contributed by atoms with Crippen molar-refractivity contribution in [2.45, 2.75) is 59.7 Å². The molecule has 0 saturated carbocycles. The number of benzene rings is 1. The molecule has 0 aliphatic carbocycles. The van der Waals surface area contributed by atoms with Crippen molar-refractivity contribution in [1.29, 1.82) is 0 Å². The van der Waals surface area contributed by atoms with E-state index in [4.69, 9.17) is 13.9 Å². The highest BCUT2D eigenvalue weighted by Crippen LogP contribution is 2.39. The molecule has 2 atom stereocenters. The van der Waals surface area contributed by atoms with Crippen LogP contribution in [0.1, 0.15) is 56.9 Å². The average molecular weight is 512 g/mol. The summed E-state index contributed by atoms with van der Waals surface area (Å²) in [5.41, 5.74) is 1.72. The predicted molar refractivity (Wildman–Crippen MR) is 139 cm³/mol. The minimum atomic E-state index is -0.388. The predicted octanol–water partition coefficient (Wildman–Crippen LogP) is 4.06. The zero-order valence-electron chi connectivity index (χ0n) is 22.4. The number of hydrogen-bond acceptors (Lipinski definition) is 7. The van der Waals surface area contributed by atoms with E-state index in [1.54, 1.807) is 20.3 Å². The van der Waals surface area contributed by atoms with Crippen LogP contribution in [0.25, 0.3) is 11.3 Å². The van der Waals surface area contributed by atoms with Gasteiger partial charge in [-0.3, -0.25) is 14.3 Å². The Morgan fingerprint density at radius 2 is 1.84 bits per heavy atom. The van der Waals surface area contributed by atoms with Crippen LogP contribution < -0.4 is 20.1 Å². The largest absolute Gasteiger partial charge is 0.496 e. The van der Waals surface area contributed by atoms with E-state index >= 15 is 0 Å². The molecule has 0 radical (unpaired) electrons. The summed E-state index contributed by atoms with van der Waals surface area (Å²) in [7, 11) is 3.20. The van der Waals surface area contributed by atoms with E-state index < -0.39 is 0 Å². The first kappa shape index (κ1) is 27.8. The third-order valence-electron chi connectivity index (χ3n) is 6.32. The van der Waals surface area contributed by atoms with Gasteiger partial charge in [0.05, 0.1) is 38.2 Å². The zero-order valence-corrected chi connectivity index (χ0v) is 22.4. The molecule has 0 bridgehead atoms. The standard InChI is InChI=1S/C27H37N5O5/c1-7-18(4)16-32-21(26-22(35-5)9-8-10-23(26)36-6)13-20(31-32)27(34)30-19(17(2)3)14-24(33)29-15-25-28-11-12-37-25/h8-13,17-19H,7,14-16H2,1-6H3,(H,29,33)(H,30,34). The van der Waals surface area contributed by atoms with Crippen LogP contribution >= 0.6 is 0 Å². The molecule has 2 N–H and O–H groups in total. The van der Waals surface area contributed by atoms with Gasteiger partial charge >= 0.3 is 0 Å². The molecule has 0 spiro atoms. The topological polar surface area (TPSA) is 121 Å². The summed E-state index contributed by atoms with van der Waals surface area (Å²) < 4.78 is 18.2. The molecule has 2 amide bonds. The van der Waals surface area contributed by atoms with Gasteiger partial charge in [0.15, 0.2) is 5.69 Å². The van der Waals surface area contributed by atoms with Gasteiger partial charge in [-0.25, -0.2) is 4.98 Å². The van der Waals surface area contributed by atoms with Gasteiger partial charge in [0.1, 0.15) is 17.8 Å². The highest BCUT2D eigenvalue weighted by Gasteiger charge is 2.25. The third-order valence-corrected chi connectivity index (χ3v) is 6.32. The fourth-order valence-electron chi connectivity index (χ4n) is 3.88. The van der Waals surface area contributed by atoms with Crippen molar-refractivity contribution in [1.82, 2.24) is 25.4 Å². The van der Waals surface area contributed by atoms with E-state index in [0.29, 0.717) is 29.9 Å². The zero-order chi connectivity index (χ0) is 26.9. The van der Waals surface area contributed by atoms with E-state index in [0.717, 1.165) is 17.7 Å². The number of amides is 2. The highest BCUT2D eigenvalue weighted by atomic mass is 16.5. The summed E-state index contributed by atoms with van der Waals surface area (Å²) in [6, 6.07) is 6.91. The first-order valence-corrected chi connectivity index (χ1v) is 12.5. The molecule has 0 fully saturated rings. The van der Waals surface area contributed by atoms with Crippen LogP contribution in [-0.2, 0) is 17.9 Å². The van der Waals surface area contributed by atoms with Gasteiger partial charge in [-0.15, -0.1) is 0 Å². The van der Waals surface area contributed by atoms with Gasteiger partial charge < -0.3 is 24.5 Å².